The van der Waals surface area contributed by atoms with Crippen molar-refractivity contribution in [3.05, 3.63) is 52.3 Å². The number of nitrogens with one attached hydrogen (secondary N) is 1. The molecule has 0 radical (unpaired) electrons. The van der Waals surface area contributed by atoms with E-state index < -0.39 is 0 Å². The Morgan fingerprint density at radius 1 is 1.17 bits per heavy atom. The van der Waals surface area contributed by atoms with E-state index in [1.54, 1.807) is 6.07 Å². The number of hydrogen-bond donors (Lipinski definition) is 1. The van der Waals surface area contributed by atoms with Crippen LogP contribution >= 0.6 is 11.8 Å². The summed E-state index contributed by atoms with van der Waals surface area (Å²) in [7, 11) is 0. The quantitative estimate of drug-likeness (QED) is 0.866. The topological polar surface area (TPSA) is 64.0 Å². The monoisotopic (exact) mass is 345 g/mol. The van der Waals surface area contributed by atoms with E-state index in [4.69, 9.17) is 0 Å². The molecule has 128 valence electrons. The second-order valence-electron chi connectivity index (χ2n) is 6.76. The zero-order chi connectivity index (χ0) is 17.9. The number of benzene rings is 1. The molecule has 1 unspecified atom stereocenters. The molecule has 0 spiro atoms. The van der Waals surface area contributed by atoms with Gasteiger partial charge in [-0.15, -0.1) is 0 Å². The van der Waals surface area contributed by atoms with Crippen LogP contribution in [-0.4, -0.2) is 26.5 Å². The lowest BCUT2D eigenvalue weighted by Crippen LogP contribution is -2.44. The molecule has 0 bridgehead atoms. The standard InChI is InChI=1S/C18H23N3O2S/c1-12-6-8-14(9-7-12)21-16(22)11-10-15(20-21)24-13(2)17(23)19-18(3,4)5/h6-11,13H,1-5H3,(H,19,23). The smallest absolute Gasteiger partial charge is 0.271 e. The summed E-state index contributed by atoms with van der Waals surface area (Å²) in [5.41, 5.74) is 1.35. The summed E-state index contributed by atoms with van der Waals surface area (Å²) in [5.74, 6) is -0.0533. The molecule has 1 aromatic heterocycles. The van der Waals surface area contributed by atoms with E-state index in [-0.39, 0.29) is 22.3 Å². The average molecular weight is 345 g/mol. The summed E-state index contributed by atoms with van der Waals surface area (Å²) in [4.78, 5) is 24.3. The molecule has 0 saturated heterocycles. The first-order valence-corrected chi connectivity index (χ1v) is 8.70. The van der Waals surface area contributed by atoms with Gasteiger partial charge >= 0.3 is 0 Å². The Hall–Kier alpha value is -2.08. The van der Waals surface area contributed by atoms with Gasteiger partial charge in [0.2, 0.25) is 5.91 Å². The lowest BCUT2D eigenvalue weighted by molar-refractivity contribution is -0.121. The average Bonchev–Trinajstić information content (AvgIpc) is 2.48. The van der Waals surface area contributed by atoms with Gasteiger partial charge in [-0.3, -0.25) is 9.59 Å². The van der Waals surface area contributed by atoms with Crippen molar-refractivity contribution in [1.82, 2.24) is 15.1 Å². The predicted octanol–water partition coefficient (Wildman–Crippen LogP) is 2.94. The van der Waals surface area contributed by atoms with Crippen molar-refractivity contribution >= 4 is 17.7 Å². The van der Waals surface area contributed by atoms with Crippen LogP contribution in [-0.2, 0) is 4.79 Å². The predicted molar refractivity (Wildman–Crippen MR) is 97.8 cm³/mol. The van der Waals surface area contributed by atoms with Crippen LogP contribution in [0.2, 0.25) is 0 Å². The van der Waals surface area contributed by atoms with E-state index in [0.29, 0.717) is 10.7 Å². The summed E-state index contributed by atoms with van der Waals surface area (Å²) >= 11 is 1.33. The summed E-state index contributed by atoms with van der Waals surface area (Å²) in [6.07, 6.45) is 0. The molecule has 0 aliphatic heterocycles. The van der Waals surface area contributed by atoms with Crippen LogP contribution < -0.4 is 10.9 Å². The Bertz CT molecular complexity index is 776. The van der Waals surface area contributed by atoms with Crippen molar-refractivity contribution in [2.45, 2.75) is 50.4 Å². The highest BCUT2D eigenvalue weighted by molar-refractivity contribution is 8.00. The summed E-state index contributed by atoms with van der Waals surface area (Å²) in [5, 5.41) is 7.65. The minimum absolute atomic E-state index is 0.0533. The van der Waals surface area contributed by atoms with Crippen molar-refractivity contribution < 1.29 is 4.79 Å². The first-order valence-electron chi connectivity index (χ1n) is 7.82. The van der Waals surface area contributed by atoms with Gasteiger partial charge in [-0.1, -0.05) is 29.5 Å². The van der Waals surface area contributed by atoms with Gasteiger partial charge in [-0.25, -0.2) is 0 Å². The second-order valence-corrected chi connectivity index (χ2v) is 8.12. The summed E-state index contributed by atoms with van der Waals surface area (Å²) < 4.78 is 1.36. The van der Waals surface area contributed by atoms with Gasteiger partial charge in [0, 0.05) is 11.6 Å². The fourth-order valence-corrected chi connectivity index (χ4v) is 2.84. The van der Waals surface area contributed by atoms with Crippen LogP contribution in [0.4, 0.5) is 0 Å². The number of hydrogen-bond acceptors (Lipinski definition) is 4. The van der Waals surface area contributed by atoms with Crippen LogP contribution in [0.25, 0.3) is 5.69 Å². The van der Waals surface area contributed by atoms with Crippen LogP contribution in [0.1, 0.15) is 33.3 Å². The molecule has 1 aromatic carbocycles. The molecule has 1 heterocycles. The van der Waals surface area contributed by atoms with Gasteiger partial charge in [0.05, 0.1) is 10.9 Å². The third kappa shape index (κ3) is 4.96. The second kappa shape index (κ2) is 7.21. The highest BCUT2D eigenvalue weighted by Crippen LogP contribution is 2.21. The third-order valence-corrected chi connectivity index (χ3v) is 4.25. The molecule has 24 heavy (non-hydrogen) atoms. The van der Waals surface area contributed by atoms with Crippen LogP contribution in [0.15, 0.2) is 46.2 Å². The van der Waals surface area contributed by atoms with Crippen LogP contribution in [0.3, 0.4) is 0 Å². The van der Waals surface area contributed by atoms with Gasteiger partial charge in [0.15, 0.2) is 0 Å². The molecule has 0 fully saturated rings. The van der Waals surface area contributed by atoms with Crippen molar-refractivity contribution in [3.8, 4) is 5.69 Å². The van der Waals surface area contributed by atoms with Crippen molar-refractivity contribution in [1.29, 1.82) is 0 Å². The Balaban J connectivity index is 2.21. The molecule has 1 N–H and O–H groups in total. The van der Waals surface area contributed by atoms with Gasteiger partial charge < -0.3 is 5.32 Å². The zero-order valence-corrected chi connectivity index (χ0v) is 15.5. The Morgan fingerprint density at radius 3 is 2.38 bits per heavy atom. The van der Waals surface area contributed by atoms with Crippen molar-refractivity contribution in [2.75, 3.05) is 0 Å². The molecular formula is C18H23N3O2S. The molecule has 6 heteroatoms. The number of thioether (sulfide) groups is 1. The molecule has 0 aliphatic carbocycles. The number of rotatable bonds is 4. The van der Waals surface area contributed by atoms with Crippen molar-refractivity contribution in [3.63, 3.8) is 0 Å². The number of nitrogens with zero attached hydrogens (tertiary/aromatic N) is 2. The minimum atomic E-state index is -0.305. The SMILES string of the molecule is Cc1ccc(-n2nc(SC(C)C(=O)NC(C)(C)C)ccc2=O)cc1. The van der Waals surface area contributed by atoms with E-state index in [1.165, 1.54) is 22.5 Å². The van der Waals surface area contributed by atoms with Crippen molar-refractivity contribution in [2.24, 2.45) is 0 Å². The Kier molecular flexibility index (Phi) is 5.49. The first kappa shape index (κ1) is 18.3. The number of aryl methyl sites for hydroxylation is 1. The molecule has 1 atom stereocenters. The van der Waals surface area contributed by atoms with E-state index in [2.05, 4.69) is 10.4 Å². The summed E-state index contributed by atoms with van der Waals surface area (Å²) in [6, 6.07) is 10.7. The number of carbonyl (C=O) groups is 1. The molecule has 5 nitrogen and oxygen atoms in total. The molecular weight excluding hydrogens is 322 g/mol. The molecule has 2 rings (SSSR count). The van der Waals surface area contributed by atoms with E-state index in [0.717, 1.165) is 5.56 Å². The number of aromatic nitrogens is 2. The Labute approximate surface area is 146 Å². The first-order chi connectivity index (χ1) is 11.2. The maximum Gasteiger partial charge on any atom is 0.271 e. The fourth-order valence-electron chi connectivity index (χ4n) is 2.03. The largest absolute Gasteiger partial charge is 0.351 e. The number of amides is 1. The fraction of sp³-hybridized carbons (Fsp3) is 0.389. The van der Waals surface area contributed by atoms with Crippen LogP contribution in [0.5, 0.6) is 0 Å². The zero-order valence-electron chi connectivity index (χ0n) is 14.7. The highest BCUT2D eigenvalue weighted by Gasteiger charge is 2.20. The lowest BCUT2D eigenvalue weighted by Gasteiger charge is -2.22. The maximum absolute atomic E-state index is 12.2. The van der Waals surface area contributed by atoms with Gasteiger partial charge in [0.1, 0.15) is 5.03 Å². The number of carbonyl (C=O) groups excluding carboxylic acids is 1. The van der Waals surface area contributed by atoms with Crippen LogP contribution in [0, 0.1) is 6.92 Å². The van der Waals surface area contributed by atoms with E-state index >= 15 is 0 Å². The highest BCUT2D eigenvalue weighted by atomic mass is 32.2. The maximum atomic E-state index is 12.2. The summed E-state index contributed by atoms with van der Waals surface area (Å²) in [6.45, 7) is 9.64. The molecule has 2 aromatic rings. The minimum Gasteiger partial charge on any atom is -0.351 e. The lowest BCUT2D eigenvalue weighted by atomic mass is 10.1. The van der Waals surface area contributed by atoms with Gasteiger partial charge in [0.25, 0.3) is 5.56 Å². The third-order valence-electron chi connectivity index (χ3n) is 3.22. The molecule has 0 aliphatic rings. The Morgan fingerprint density at radius 2 is 1.79 bits per heavy atom. The van der Waals surface area contributed by atoms with E-state index in [1.807, 2.05) is 58.9 Å². The van der Waals surface area contributed by atoms with Gasteiger partial charge in [-0.05, 0) is 52.8 Å². The normalized spacial score (nSPS) is 12.7. The van der Waals surface area contributed by atoms with Gasteiger partial charge in [-0.2, -0.15) is 9.78 Å². The molecule has 1 amide bonds. The van der Waals surface area contributed by atoms with E-state index in [9.17, 15) is 9.59 Å². The molecule has 0 saturated carbocycles.